The summed E-state index contributed by atoms with van der Waals surface area (Å²) in [7, 11) is 1.35. The van der Waals surface area contributed by atoms with E-state index in [-0.39, 0.29) is 11.9 Å². The maximum Gasteiger partial charge on any atom is 0.337 e. The zero-order valence-electron chi connectivity index (χ0n) is 17.7. The van der Waals surface area contributed by atoms with Crippen LogP contribution in [0.3, 0.4) is 0 Å². The topological polar surface area (TPSA) is 98.1 Å². The third kappa shape index (κ3) is 4.13. The number of amides is 1. The summed E-state index contributed by atoms with van der Waals surface area (Å²) in [5.41, 5.74) is 7.52. The lowest BCUT2D eigenvalue weighted by Gasteiger charge is -2.33. The zero-order valence-corrected chi connectivity index (χ0v) is 18.5. The average Bonchev–Trinajstić information content (AvgIpc) is 3.14. The normalized spacial score (nSPS) is 17.4. The van der Waals surface area contributed by atoms with Crippen molar-refractivity contribution in [3.05, 3.63) is 70.5 Å². The number of nitrogens with one attached hydrogen (secondary N) is 2. The van der Waals surface area contributed by atoms with Crippen LogP contribution in [0.15, 0.2) is 47.6 Å². The lowest BCUT2D eigenvalue weighted by Crippen LogP contribution is -2.41. The Kier molecular flexibility index (Phi) is 5.69. The molecular formula is C22H23N5O3S. The van der Waals surface area contributed by atoms with Gasteiger partial charge in [0.2, 0.25) is 11.1 Å². The highest BCUT2D eigenvalue weighted by atomic mass is 32.2. The Hall–Kier alpha value is -3.33. The molecule has 1 aliphatic heterocycles. The second-order valence-electron chi connectivity index (χ2n) is 7.43. The quantitative estimate of drug-likeness (QED) is 0.604. The van der Waals surface area contributed by atoms with Gasteiger partial charge in [0.05, 0.1) is 18.7 Å². The number of carbonyl (C=O) groups excluding carboxylic acids is 2. The van der Waals surface area contributed by atoms with Gasteiger partial charge in [0.25, 0.3) is 0 Å². The Labute approximate surface area is 184 Å². The van der Waals surface area contributed by atoms with E-state index >= 15 is 0 Å². The van der Waals surface area contributed by atoms with Crippen LogP contribution in [-0.2, 0) is 9.53 Å². The van der Waals surface area contributed by atoms with Crippen LogP contribution in [0.1, 0.15) is 38.9 Å². The average molecular weight is 438 g/mol. The van der Waals surface area contributed by atoms with Crippen LogP contribution in [0.25, 0.3) is 0 Å². The van der Waals surface area contributed by atoms with E-state index in [9.17, 15) is 9.59 Å². The number of ether oxygens (including phenoxy) is 1. The van der Waals surface area contributed by atoms with Crippen molar-refractivity contribution in [1.82, 2.24) is 14.9 Å². The van der Waals surface area contributed by atoms with E-state index in [2.05, 4.69) is 20.9 Å². The molecule has 0 spiro atoms. The number of carbonyl (C=O) groups is 2. The molecular weight excluding hydrogens is 414 g/mol. The van der Waals surface area contributed by atoms with Gasteiger partial charge in [-0.15, -0.1) is 10.2 Å². The molecule has 0 aliphatic carbocycles. The fraction of sp³-hybridized carbons (Fsp3) is 0.273. The molecule has 0 saturated heterocycles. The van der Waals surface area contributed by atoms with Gasteiger partial charge in [-0.1, -0.05) is 36.0 Å². The van der Waals surface area contributed by atoms with Crippen molar-refractivity contribution < 1.29 is 14.3 Å². The van der Waals surface area contributed by atoms with Crippen molar-refractivity contribution in [3.63, 3.8) is 0 Å². The van der Waals surface area contributed by atoms with E-state index in [0.717, 1.165) is 22.4 Å². The fourth-order valence-corrected chi connectivity index (χ4v) is 4.55. The van der Waals surface area contributed by atoms with Crippen molar-refractivity contribution in [2.75, 3.05) is 17.9 Å². The van der Waals surface area contributed by atoms with Crippen LogP contribution >= 0.6 is 11.8 Å². The molecule has 1 aromatic heterocycles. The predicted octanol–water partition coefficient (Wildman–Crippen LogP) is 3.39. The molecule has 1 aliphatic rings. The maximum absolute atomic E-state index is 13.3. The summed E-state index contributed by atoms with van der Waals surface area (Å²) < 4.78 is 6.56. The molecule has 0 unspecified atom stereocenters. The van der Waals surface area contributed by atoms with Crippen LogP contribution < -0.4 is 10.7 Å². The lowest BCUT2D eigenvalue weighted by atomic mass is 10.0. The van der Waals surface area contributed by atoms with Crippen molar-refractivity contribution in [1.29, 1.82) is 0 Å². The van der Waals surface area contributed by atoms with Gasteiger partial charge >= 0.3 is 5.97 Å². The standard InChI is InChI=1S/C22H23N5O3S/c1-12-5-6-13(2)17(11-12)23-20(28)19-18(26-27-14(3)24-25-22(27)31-19)15-7-9-16(10-8-15)21(29)30-4/h5-11,18-19,26H,1-4H3,(H,23,28)/t18-,19-/m1/s1. The monoisotopic (exact) mass is 437 g/mol. The number of aryl methyl sites for hydroxylation is 3. The Morgan fingerprint density at radius 3 is 2.55 bits per heavy atom. The molecule has 3 aromatic rings. The van der Waals surface area contributed by atoms with Gasteiger partial charge in [0.15, 0.2) is 0 Å². The number of fused-ring (bicyclic) bond motifs is 1. The van der Waals surface area contributed by atoms with Crippen LogP contribution in [0.4, 0.5) is 5.69 Å². The van der Waals surface area contributed by atoms with Crippen molar-refractivity contribution in [2.45, 2.75) is 37.2 Å². The smallest absolute Gasteiger partial charge is 0.337 e. The first-order valence-electron chi connectivity index (χ1n) is 9.79. The van der Waals surface area contributed by atoms with Gasteiger partial charge in [-0.3, -0.25) is 4.79 Å². The molecule has 4 rings (SSSR count). The molecule has 0 radical (unpaired) electrons. The summed E-state index contributed by atoms with van der Waals surface area (Å²) in [5.74, 6) is 0.158. The van der Waals surface area contributed by atoms with Gasteiger partial charge in [-0.25, -0.2) is 9.47 Å². The molecule has 2 N–H and O–H groups in total. The molecule has 8 nitrogen and oxygen atoms in total. The number of thioether (sulfide) groups is 1. The zero-order chi connectivity index (χ0) is 22.1. The highest BCUT2D eigenvalue weighted by molar-refractivity contribution is 8.00. The molecule has 2 aromatic carbocycles. The minimum absolute atomic E-state index is 0.139. The highest BCUT2D eigenvalue weighted by Gasteiger charge is 2.37. The number of hydrogen-bond donors (Lipinski definition) is 2. The minimum atomic E-state index is -0.500. The molecule has 160 valence electrons. The van der Waals surface area contributed by atoms with E-state index in [1.807, 2.05) is 51.1 Å². The van der Waals surface area contributed by atoms with E-state index in [1.165, 1.54) is 18.9 Å². The van der Waals surface area contributed by atoms with Crippen molar-refractivity contribution in [2.24, 2.45) is 0 Å². The van der Waals surface area contributed by atoms with Crippen LogP contribution in [-0.4, -0.2) is 39.1 Å². The van der Waals surface area contributed by atoms with Gasteiger partial charge < -0.3 is 15.5 Å². The third-order valence-electron chi connectivity index (χ3n) is 5.20. The molecule has 0 saturated carbocycles. The number of aromatic nitrogens is 3. The number of methoxy groups -OCH3 is 1. The third-order valence-corrected chi connectivity index (χ3v) is 6.41. The summed E-state index contributed by atoms with van der Waals surface area (Å²) in [6.45, 7) is 5.80. The summed E-state index contributed by atoms with van der Waals surface area (Å²) in [6.07, 6.45) is 0. The summed E-state index contributed by atoms with van der Waals surface area (Å²) in [6, 6.07) is 12.6. The first kappa shape index (κ1) is 20.9. The van der Waals surface area contributed by atoms with E-state index in [4.69, 9.17) is 4.74 Å². The van der Waals surface area contributed by atoms with Crippen LogP contribution in [0, 0.1) is 20.8 Å². The first-order valence-corrected chi connectivity index (χ1v) is 10.7. The van der Waals surface area contributed by atoms with E-state index in [1.54, 1.807) is 16.8 Å². The summed E-state index contributed by atoms with van der Waals surface area (Å²) in [5, 5.41) is 11.5. The van der Waals surface area contributed by atoms with Crippen LogP contribution in [0.5, 0.6) is 0 Å². The first-order chi connectivity index (χ1) is 14.9. The lowest BCUT2D eigenvalue weighted by molar-refractivity contribution is -0.116. The van der Waals surface area contributed by atoms with Crippen molar-refractivity contribution >= 4 is 29.3 Å². The SMILES string of the molecule is COC(=O)c1ccc([C@H]2Nn3c(C)nnc3S[C@H]2C(=O)Nc2cc(C)ccc2C)cc1. The number of rotatable bonds is 4. The molecule has 9 heteroatoms. The Bertz CT molecular complexity index is 1140. The van der Waals surface area contributed by atoms with Gasteiger partial charge in [-0.05, 0) is 55.7 Å². The Morgan fingerprint density at radius 2 is 1.84 bits per heavy atom. The molecule has 1 amide bonds. The van der Waals surface area contributed by atoms with Gasteiger partial charge in [0.1, 0.15) is 11.1 Å². The summed E-state index contributed by atoms with van der Waals surface area (Å²) in [4.78, 5) is 25.1. The highest BCUT2D eigenvalue weighted by Crippen LogP contribution is 2.37. The Balaban J connectivity index is 1.67. The fourth-order valence-electron chi connectivity index (χ4n) is 3.43. The Morgan fingerprint density at radius 1 is 1.10 bits per heavy atom. The minimum Gasteiger partial charge on any atom is -0.465 e. The van der Waals surface area contributed by atoms with E-state index < -0.39 is 11.2 Å². The number of esters is 1. The molecule has 31 heavy (non-hydrogen) atoms. The number of benzene rings is 2. The van der Waals surface area contributed by atoms with E-state index in [0.29, 0.717) is 16.5 Å². The second-order valence-corrected chi connectivity index (χ2v) is 8.54. The largest absolute Gasteiger partial charge is 0.465 e. The maximum atomic E-state index is 13.3. The predicted molar refractivity (Wildman–Crippen MR) is 119 cm³/mol. The number of hydrogen-bond acceptors (Lipinski definition) is 7. The van der Waals surface area contributed by atoms with Gasteiger partial charge in [0, 0.05) is 5.69 Å². The van der Waals surface area contributed by atoms with Crippen molar-refractivity contribution in [3.8, 4) is 0 Å². The van der Waals surface area contributed by atoms with Crippen LogP contribution in [0.2, 0.25) is 0 Å². The number of nitrogens with zero attached hydrogens (tertiary/aromatic N) is 3. The summed E-state index contributed by atoms with van der Waals surface area (Å²) >= 11 is 1.36. The molecule has 2 heterocycles. The number of anilines is 1. The second kappa shape index (κ2) is 8.43. The molecule has 2 atom stereocenters. The molecule has 0 bridgehead atoms. The molecule has 0 fully saturated rings. The van der Waals surface area contributed by atoms with Gasteiger partial charge in [-0.2, -0.15) is 0 Å².